The Morgan fingerprint density at radius 3 is 2.75 bits per heavy atom. The molecular formula is C8H10N4. The first kappa shape index (κ1) is 8.26. The quantitative estimate of drug-likeness (QED) is 0.599. The van der Waals surface area contributed by atoms with Crippen molar-refractivity contribution in [3.05, 3.63) is 42.9 Å². The van der Waals surface area contributed by atoms with E-state index in [2.05, 4.69) is 20.7 Å². The van der Waals surface area contributed by atoms with E-state index in [1.807, 2.05) is 24.3 Å². The first-order chi connectivity index (χ1) is 6.00. The van der Waals surface area contributed by atoms with Gasteiger partial charge >= 0.3 is 0 Å². The molecule has 4 nitrogen and oxygen atoms in total. The monoisotopic (exact) mass is 162 g/mol. The molecule has 0 spiro atoms. The minimum Gasteiger partial charge on any atom is -0.286 e. The molecule has 0 saturated carbocycles. The molecule has 0 bridgehead atoms. The normalized spacial score (nSPS) is 12.7. The van der Waals surface area contributed by atoms with Gasteiger partial charge in [0.15, 0.2) is 0 Å². The maximum absolute atomic E-state index is 3.72. The smallest absolute Gasteiger partial charge is 0.0487 e. The summed E-state index contributed by atoms with van der Waals surface area (Å²) < 4.78 is 0. The molecule has 62 valence electrons. The second kappa shape index (κ2) is 5.91. The Balaban J connectivity index is 0.000000127. The SMILES string of the molecule is C1=CC=NNC=C1.c1cn[nH]c1. The van der Waals surface area contributed by atoms with Crippen LogP contribution in [0, 0.1) is 0 Å². The average Bonchev–Trinajstić information content (AvgIpc) is 2.54. The fraction of sp³-hybridized carbons (Fsp3) is 0. The van der Waals surface area contributed by atoms with Gasteiger partial charge in [0, 0.05) is 24.8 Å². The van der Waals surface area contributed by atoms with Crippen molar-refractivity contribution >= 4 is 6.21 Å². The topological polar surface area (TPSA) is 53.1 Å². The number of hydrogen-bond acceptors (Lipinski definition) is 3. The van der Waals surface area contributed by atoms with Crippen molar-refractivity contribution < 1.29 is 0 Å². The van der Waals surface area contributed by atoms with Gasteiger partial charge in [-0.3, -0.25) is 10.5 Å². The number of H-pyrrole nitrogens is 1. The van der Waals surface area contributed by atoms with E-state index < -0.39 is 0 Å². The molecule has 4 heteroatoms. The molecule has 2 heterocycles. The molecule has 1 aliphatic rings. The van der Waals surface area contributed by atoms with Gasteiger partial charge < -0.3 is 0 Å². The third-order valence-corrected chi connectivity index (χ3v) is 1.03. The van der Waals surface area contributed by atoms with Gasteiger partial charge in [0.25, 0.3) is 0 Å². The zero-order chi connectivity index (χ0) is 8.49. The van der Waals surface area contributed by atoms with E-state index >= 15 is 0 Å². The Morgan fingerprint density at radius 2 is 2.08 bits per heavy atom. The number of aromatic amines is 1. The van der Waals surface area contributed by atoms with Gasteiger partial charge in [-0.1, -0.05) is 6.08 Å². The fourth-order valence-corrected chi connectivity index (χ4v) is 0.557. The number of nitrogens with zero attached hydrogens (tertiary/aromatic N) is 2. The van der Waals surface area contributed by atoms with Gasteiger partial charge in [-0.2, -0.15) is 10.2 Å². The lowest BCUT2D eigenvalue weighted by molar-refractivity contribution is 0.980. The zero-order valence-corrected chi connectivity index (χ0v) is 6.51. The van der Waals surface area contributed by atoms with Crippen LogP contribution in [0.3, 0.4) is 0 Å². The van der Waals surface area contributed by atoms with Gasteiger partial charge in [0.2, 0.25) is 0 Å². The third-order valence-electron chi connectivity index (χ3n) is 1.03. The molecule has 0 amide bonds. The Morgan fingerprint density at radius 1 is 1.08 bits per heavy atom. The van der Waals surface area contributed by atoms with Crippen LogP contribution in [0.1, 0.15) is 0 Å². The first-order valence-corrected chi connectivity index (χ1v) is 3.54. The molecule has 0 aliphatic carbocycles. The summed E-state index contributed by atoms with van der Waals surface area (Å²) in [6.45, 7) is 0. The Kier molecular flexibility index (Phi) is 4.07. The van der Waals surface area contributed by atoms with E-state index in [4.69, 9.17) is 0 Å². The van der Waals surface area contributed by atoms with Crippen molar-refractivity contribution in [3.63, 3.8) is 0 Å². The van der Waals surface area contributed by atoms with Crippen LogP contribution in [0.25, 0.3) is 0 Å². The molecule has 12 heavy (non-hydrogen) atoms. The van der Waals surface area contributed by atoms with Crippen LogP contribution in [0.2, 0.25) is 0 Å². The largest absolute Gasteiger partial charge is 0.286 e. The van der Waals surface area contributed by atoms with Gasteiger partial charge in [-0.15, -0.1) is 0 Å². The molecule has 0 unspecified atom stereocenters. The maximum Gasteiger partial charge on any atom is 0.0487 e. The lowest BCUT2D eigenvalue weighted by atomic mass is 10.5. The number of allylic oxidation sites excluding steroid dienone is 3. The molecule has 0 saturated heterocycles. The maximum atomic E-state index is 3.72. The Labute approximate surface area is 70.7 Å². The average molecular weight is 162 g/mol. The first-order valence-electron chi connectivity index (χ1n) is 3.54. The van der Waals surface area contributed by atoms with Crippen LogP contribution in [0.15, 0.2) is 48.0 Å². The van der Waals surface area contributed by atoms with Gasteiger partial charge in [0.05, 0.1) is 0 Å². The molecule has 0 aromatic carbocycles. The third kappa shape index (κ3) is 4.05. The molecule has 1 aromatic heterocycles. The predicted molar refractivity (Wildman–Crippen MR) is 48.5 cm³/mol. The summed E-state index contributed by atoms with van der Waals surface area (Å²) in [4.78, 5) is 0. The highest BCUT2D eigenvalue weighted by atomic mass is 15.3. The second-order valence-electron chi connectivity index (χ2n) is 1.92. The van der Waals surface area contributed by atoms with E-state index in [-0.39, 0.29) is 0 Å². The highest BCUT2D eigenvalue weighted by Crippen LogP contribution is 1.76. The second-order valence-corrected chi connectivity index (χ2v) is 1.92. The van der Waals surface area contributed by atoms with E-state index in [1.54, 1.807) is 24.8 Å². The standard InChI is InChI=1S/C5H6N2.C3H4N2/c1-2-4-6-7-5-3-1;1-2-4-5-3-1/h1-6H;1-3H,(H,4,5). The summed E-state index contributed by atoms with van der Waals surface area (Å²) >= 11 is 0. The molecule has 1 aliphatic heterocycles. The van der Waals surface area contributed by atoms with Crippen LogP contribution in [-0.4, -0.2) is 16.4 Å². The minimum absolute atomic E-state index is 1.69. The van der Waals surface area contributed by atoms with Crippen molar-refractivity contribution in [1.82, 2.24) is 15.6 Å². The highest BCUT2D eigenvalue weighted by Gasteiger charge is 1.68. The Hall–Kier alpha value is -1.84. The number of hydrazone groups is 1. The number of aromatic nitrogens is 2. The highest BCUT2D eigenvalue weighted by molar-refractivity contribution is 5.71. The van der Waals surface area contributed by atoms with E-state index in [0.717, 1.165) is 0 Å². The van der Waals surface area contributed by atoms with Crippen LogP contribution in [-0.2, 0) is 0 Å². The number of hydrogen-bond donors (Lipinski definition) is 2. The molecule has 0 atom stereocenters. The van der Waals surface area contributed by atoms with E-state index in [9.17, 15) is 0 Å². The van der Waals surface area contributed by atoms with Crippen LogP contribution < -0.4 is 5.43 Å². The zero-order valence-electron chi connectivity index (χ0n) is 6.51. The molecule has 2 N–H and O–H groups in total. The van der Waals surface area contributed by atoms with E-state index in [1.165, 1.54) is 0 Å². The molecule has 2 rings (SSSR count). The molecular weight excluding hydrogens is 152 g/mol. The van der Waals surface area contributed by atoms with Crippen molar-refractivity contribution in [2.75, 3.05) is 0 Å². The van der Waals surface area contributed by atoms with Crippen molar-refractivity contribution in [2.45, 2.75) is 0 Å². The molecule has 1 aromatic rings. The number of rotatable bonds is 0. The number of nitrogens with one attached hydrogen (secondary N) is 2. The summed E-state index contributed by atoms with van der Waals surface area (Å²) in [6.07, 6.45) is 12.6. The van der Waals surface area contributed by atoms with Crippen molar-refractivity contribution in [2.24, 2.45) is 5.10 Å². The van der Waals surface area contributed by atoms with Gasteiger partial charge in [-0.05, 0) is 18.2 Å². The van der Waals surface area contributed by atoms with Crippen molar-refractivity contribution in [1.29, 1.82) is 0 Å². The summed E-state index contributed by atoms with van der Waals surface area (Å²) in [7, 11) is 0. The summed E-state index contributed by atoms with van der Waals surface area (Å²) in [6, 6.07) is 1.83. The fourth-order valence-electron chi connectivity index (χ4n) is 0.557. The predicted octanol–water partition coefficient (Wildman–Crippen LogP) is 1.05. The van der Waals surface area contributed by atoms with Gasteiger partial charge in [-0.25, -0.2) is 0 Å². The summed E-state index contributed by atoms with van der Waals surface area (Å²) in [5.41, 5.74) is 2.67. The van der Waals surface area contributed by atoms with E-state index in [0.29, 0.717) is 0 Å². The van der Waals surface area contributed by atoms with Crippen LogP contribution in [0.4, 0.5) is 0 Å². The van der Waals surface area contributed by atoms with Gasteiger partial charge in [0.1, 0.15) is 0 Å². The summed E-state index contributed by atoms with van der Waals surface area (Å²) in [5, 5.41) is 9.93. The lowest BCUT2D eigenvalue weighted by Crippen LogP contribution is -1.89. The minimum atomic E-state index is 1.69. The van der Waals surface area contributed by atoms with Crippen LogP contribution >= 0.6 is 0 Å². The Bertz CT molecular complexity index is 227. The summed E-state index contributed by atoms with van der Waals surface area (Å²) in [5.74, 6) is 0. The molecule has 0 fully saturated rings. The molecule has 0 radical (unpaired) electrons. The van der Waals surface area contributed by atoms with Crippen LogP contribution in [0.5, 0.6) is 0 Å². The van der Waals surface area contributed by atoms with Crippen molar-refractivity contribution in [3.8, 4) is 0 Å². The lowest BCUT2D eigenvalue weighted by Gasteiger charge is -1.78.